The van der Waals surface area contributed by atoms with E-state index in [1.165, 1.54) is 68.1 Å². The van der Waals surface area contributed by atoms with Gasteiger partial charge in [0.2, 0.25) is 0 Å². The predicted octanol–water partition coefficient (Wildman–Crippen LogP) is 7.31. The number of rotatable bonds is 2. The Morgan fingerprint density at radius 2 is 1.41 bits per heavy atom. The summed E-state index contributed by atoms with van der Waals surface area (Å²) in [6.45, 7) is 6.18. The zero-order valence-corrected chi connectivity index (χ0v) is 18.4. The standard InChI is InChI=1S/C27H36O2/c1-17-14-18(2)27(29)25(21-12-8-5-9-13-21)24(17)22-15-19(3)26(28)23(16-22)20-10-6-4-7-11-20/h14-16,20-21,25,29H,4-13H2,1-3H3. The third-order valence-corrected chi connectivity index (χ3v) is 7.65. The lowest BCUT2D eigenvalue weighted by Gasteiger charge is -2.36. The van der Waals surface area contributed by atoms with Gasteiger partial charge in [0.1, 0.15) is 5.76 Å². The van der Waals surface area contributed by atoms with E-state index in [4.69, 9.17) is 0 Å². The minimum atomic E-state index is 0.0800. The molecule has 1 N–H and O–H groups in total. The minimum absolute atomic E-state index is 0.0800. The fourth-order valence-corrected chi connectivity index (χ4v) is 6.11. The van der Waals surface area contributed by atoms with Gasteiger partial charge >= 0.3 is 0 Å². The van der Waals surface area contributed by atoms with E-state index in [1.54, 1.807) is 0 Å². The smallest absolute Gasteiger partial charge is 0.185 e. The van der Waals surface area contributed by atoms with Gasteiger partial charge in [0, 0.05) is 11.5 Å². The molecule has 0 heterocycles. The van der Waals surface area contributed by atoms with Crippen LogP contribution in [0.3, 0.4) is 0 Å². The van der Waals surface area contributed by atoms with E-state index in [1.807, 2.05) is 13.8 Å². The van der Waals surface area contributed by atoms with E-state index < -0.39 is 0 Å². The largest absolute Gasteiger partial charge is 0.511 e. The number of hydrogen-bond donors (Lipinski definition) is 1. The number of Topliss-reactive ketones (excluding diaryl/α,β-unsaturated/α-hetero) is 1. The van der Waals surface area contributed by atoms with Crippen molar-refractivity contribution in [3.8, 4) is 0 Å². The molecule has 2 saturated carbocycles. The van der Waals surface area contributed by atoms with Gasteiger partial charge in [-0.15, -0.1) is 0 Å². The van der Waals surface area contributed by atoms with Crippen LogP contribution in [0.1, 0.15) is 85.0 Å². The van der Waals surface area contributed by atoms with Crippen LogP contribution < -0.4 is 0 Å². The molecule has 2 heteroatoms. The molecule has 0 aromatic carbocycles. The Bertz CT molecular complexity index is 834. The molecular formula is C27H36O2. The van der Waals surface area contributed by atoms with Crippen LogP contribution >= 0.6 is 0 Å². The molecule has 4 rings (SSSR count). The monoisotopic (exact) mass is 392 g/mol. The van der Waals surface area contributed by atoms with Crippen molar-refractivity contribution < 1.29 is 9.90 Å². The number of hydrogen-bond acceptors (Lipinski definition) is 2. The van der Waals surface area contributed by atoms with Crippen LogP contribution in [0.2, 0.25) is 0 Å². The van der Waals surface area contributed by atoms with Crippen LogP contribution in [0.5, 0.6) is 0 Å². The maximum Gasteiger partial charge on any atom is 0.185 e. The van der Waals surface area contributed by atoms with Gasteiger partial charge in [-0.3, -0.25) is 4.79 Å². The fraction of sp³-hybridized carbons (Fsp3) is 0.593. The van der Waals surface area contributed by atoms with Crippen molar-refractivity contribution in [2.75, 3.05) is 0 Å². The lowest BCUT2D eigenvalue weighted by Crippen LogP contribution is -2.27. The van der Waals surface area contributed by atoms with E-state index in [9.17, 15) is 9.90 Å². The van der Waals surface area contributed by atoms with Gasteiger partial charge in [-0.1, -0.05) is 44.6 Å². The minimum Gasteiger partial charge on any atom is -0.511 e. The van der Waals surface area contributed by atoms with E-state index in [-0.39, 0.29) is 11.7 Å². The van der Waals surface area contributed by atoms with E-state index in [2.05, 4.69) is 25.2 Å². The highest BCUT2D eigenvalue weighted by Gasteiger charge is 2.36. The summed E-state index contributed by atoms with van der Waals surface area (Å²) in [7, 11) is 0. The maximum atomic E-state index is 13.0. The lowest BCUT2D eigenvalue weighted by atomic mass is 9.69. The number of ketones is 1. The quantitative estimate of drug-likeness (QED) is 0.535. The average Bonchev–Trinajstić information content (AvgIpc) is 2.73. The first-order valence-electron chi connectivity index (χ1n) is 11.7. The van der Waals surface area contributed by atoms with Gasteiger partial charge in [-0.05, 0) is 98.3 Å². The molecule has 2 nitrogen and oxygen atoms in total. The third-order valence-electron chi connectivity index (χ3n) is 7.65. The number of aliphatic hydroxyl groups excluding tert-OH is 1. The van der Waals surface area contributed by atoms with Gasteiger partial charge in [-0.25, -0.2) is 0 Å². The van der Waals surface area contributed by atoms with Gasteiger partial charge < -0.3 is 5.11 Å². The molecule has 156 valence electrons. The third kappa shape index (κ3) is 3.96. The highest BCUT2D eigenvalue weighted by Crippen LogP contribution is 2.46. The summed E-state index contributed by atoms with van der Waals surface area (Å²) in [4.78, 5) is 13.0. The van der Waals surface area contributed by atoms with Gasteiger partial charge in [-0.2, -0.15) is 0 Å². The number of allylic oxidation sites excluding steroid dienone is 9. The van der Waals surface area contributed by atoms with Gasteiger partial charge in [0.25, 0.3) is 0 Å². The van der Waals surface area contributed by atoms with Crippen molar-refractivity contribution in [1.29, 1.82) is 0 Å². The molecule has 0 aromatic rings. The molecule has 0 spiro atoms. The summed E-state index contributed by atoms with van der Waals surface area (Å²) in [5, 5.41) is 11.1. The second-order valence-electron chi connectivity index (χ2n) is 9.73. The summed E-state index contributed by atoms with van der Waals surface area (Å²) in [5.74, 6) is 1.78. The lowest BCUT2D eigenvalue weighted by molar-refractivity contribution is -0.112. The molecule has 0 aromatic heterocycles. The molecule has 4 aliphatic carbocycles. The summed E-state index contributed by atoms with van der Waals surface area (Å²) in [6, 6.07) is 0. The normalized spacial score (nSPS) is 30.2. The Hall–Kier alpha value is -1.83. The second kappa shape index (κ2) is 8.50. The zero-order valence-electron chi connectivity index (χ0n) is 18.4. The van der Waals surface area contributed by atoms with Crippen LogP contribution in [-0.4, -0.2) is 10.9 Å². The Balaban J connectivity index is 1.81. The van der Waals surface area contributed by atoms with Crippen molar-refractivity contribution in [2.24, 2.45) is 17.8 Å². The van der Waals surface area contributed by atoms with Crippen LogP contribution in [0, 0.1) is 17.8 Å². The second-order valence-corrected chi connectivity index (χ2v) is 9.73. The van der Waals surface area contributed by atoms with Crippen LogP contribution in [0.4, 0.5) is 0 Å². The molecule has 1 unspecified atom stereocenters. The first-order valence-corrected chi connectivity index (χ1v) is 11.7. The Morgan fingerprint density at radius 1 is 0.793 bits per heavy atom. The highest BCUT2D eigenvalue weighted by atomic mass is 16.3. The molecule has 0 saturated heterocycles. The molecule has 0 amide bonds. The summed E-state index contributed by atoms with van der Waals surface area (Å²) < 4.78 is 0. The van der Waals surface area contributed by atoms with E-state index in [0.29, 0.717) is 17.6 Å². The Kier molecular flexibility index (Phi) is 5.99. The van der Waals surface area contributed by atoms with Crippen molar-refractivity contribution in [3.05, 3.63) is 57.4 Å². The van der Waals surface area contributed by atoms with E-state index >= 15 is 0 Å². The topological polar surface area (TPSA) is 37.3 Å². The first kappa shape index (κ1) is 20.4. The first-order chi connectivity index (χ1) is 14.0. The number of aliphatic hydroxyl groups is 1. The molecule has 2 fully saturated rings. The van der Waals surface area contributed by atoms with Crippen molar-refractivity contribution >= 4 is 5.78 Å². The van der Waals surface area contributed by atoms with Crippen molar-refractivity contribution in [2.45, 2.75) is 85.0 Å². The Labute approximate surface area is 176 Å². The highest BCUT2D eigenvalue weighted by molar-refractivity contribution is 6.10. The molecule has 0 aliphatic heterocycles. The van der Waals surface area contributed by atoms with Crippen molar-refractivity contribution in [3.63, 3.8) is 0 Å². The molecule has 0 bridgehead atoms. The number of carbonyl (C=O) groups is 1. The van der Waals surface area contributed by atoms with Crippen LogP contribution in [0.25, 0.3) is 0 Å². The van der Waals surface area contributed by atoms with E-state index in [0.717, 1.165) is 29.6 Å². The van der Waals surface area contributed by atoms with Crippen LogP contribution in [-0.2, 0) is 4.79 Å². The van der Waals surface area contributed by atoms with Crippen molar-refractivity contribution in [1.82, 2.24) is 0 Å². The van der Waals surface area contributed by atoms with Crippen LogP contribution in [0.15, 0.2) is 57.4 Å². The number of carbonyl (C=O) groups excluding carboxylic acids is 1. The summed E-state index contributed by atoms with van der Waals surface area (Å²) in [5.41, 5.74) is 6.57. The summed E-state index contributed by atoms with van der Waals surface area (Å²) in [6.07, 6.45) is 18.7. The predicted molar refractivity (Wildman–Crippen MR) is 120 cm³/mol. The Morgan fingerprint density at radius 3 is 2.07 bits per heavy atom. The molecular weight excluding hydrogens is 356 g/mol. The molecule has 29 heavy (non-hydrogen) atoms. The fourth-order valence-electron chi connectivity index (χ4n) is 6.11. The molecule has 1 atom stereocenters. The van der Waals surface area contributed by atoms with Gasteiger partial charge in [0.15, 0.2) is 5.78 Å². The molecule has 0 radical (unpaired) electrons. The average molecular weight is 393 g/mol. The van der Waals surface area contributed by atoms with Gasteiger partial charge in [0.05, 0.1) is 0 Å². The molecule has 4 aliphatic rings. The maximum absolute atomic E-state index is 13.0. The zero-order chi connectivity index (χ0) is 20.5. The summed E-state index contributed by atoms with van der Waals surface area (Å²) >= 11 is 0. The SMILES string of the molecule is CC1=CC(=C2C(C)=CC(C)=C(O)C2C2CCCCC2)C=C(C2CCCCC2)C1=O.